The standard InChI is InChI=1S/C19H24N2O4S/c1-4-25-17-5-7-18(8-6-17)26(23,24)20-10-9-19(22)21-16-12-14(2)11-15(3)13-16/h5-8,11-13,20H,4,9-10H2,1-3H3,(H,21,22). The van der Waals surface area contributed by atoms with E-state index in [4.69, 9.17) is 4.74 Å². The molecule has 0 bridgehead atoms. The summed E-state index contributed by atoms with van der Waals surface area (Å²) < 4.78 is 32.2. The van der Waals surface area contributed by atoms with Gasteiger partial charge >= 0.3 is 0 Å². The van der Waals surface area contributed by atoms with Gasteiger partial charge < -0.3 is 10.1 Å². The molecule has 0 aliphatic carbocycles. The second-order valence-corrected chi connectivity index (χ2v) is 7.74. The molecule has 0 saturated carbocycles. The number of benzene rings is 2. The molecule has 0 aliphatic heterocycles. The number of ether oxygens (including phenoxy) is 1. The molecule has 0 fully saturated rings. The summed E-state index contributed by atoms with van der Waals surface area (Å²) in [5.74, 6) is 0.365. The number of aryl methyl sites for hydroxylation is 2. The smallest absolute Gasteiger partial charge is 0.240 e. The van der Waals surface area contributed by atoms with Crippen molar-refractivity contribution in [2.24, 2.45) is 0 Å². The first-order chi connectivity index (χ1) is 12.3. The highest BCUT2D eigenvalue weighted by Crippen LogP contribution is 2.16. The Labute approximate surface area is 154 Å². The summed E-state index contributed by atoms with van der Waals surface area (Å²) >= 11 is 0. The lowest BCUT2D eigenvalue weighted by atomic mass is 10.1. The number of amides is 1. The summed E-state index contributed by atoms with van der Waals surface area (Å²) in [6.07, 6.45) is 0.0449. The van der Waals surface area contributed by atoms with E-state index >= 15 is 0 Å². The SMILES string of the molecule is CCOc1ccc(S(=O)(=O)NCCC(=O)Nc2cc(C)cc(C)c2)cc1. The van der Waals surface area contributed by atoms with E-state index < -0.39 is 10.0 Å². The number of hydrogen-bond donors (Lipinski definition) is 2. The van der Waals surface area contributed by atoms with Crippen LogP contribution in [0.5, 0.6) is 5.75 Å². The Kier molecular flexibility index (Phi) is 6.76. The van der Waals surface area contributed by atoms with Gasteiger partial charge in [-0.05, 0) is 68.3 Å². The number of carbonyl (C=O) groups is 1. The number of hydrogen-bond acceptors (Lipinski definition) is 4. The lowest BCUT2D eigenvalue weighted by Crippen LogP contribution is -2.27. The zero-order chi connectivity index (χ0) is 19.2. The third-order valence-electron chi connectivity index (χ3n) is 3.59. The van der Waals surface area contributed by atoms with Gasteiger partial charge in [-0.2, -0.15) is 0 Å². The minimum absolute atomic E-state index is 0.0200. The molecule has 140 valence electrons. The van der Waals surface area contributed by atoms with E-state index in [0.717, 1.165) is 11.1 Å². The maximum Gasteiger partial charge on any atom is 0.240 e. The second kappa shape index (κ2) is 8.82. The van der Waals surface area contributed by atoms with Crippen LogP contribution in [-0.4, -0.2) is 27.5 Å². The average Bonchev–Trinajstić information content (AvgIpc) is 2.54. The maximum absolute atomic E-state index is 12.2. The average molecular weight is 376 g/mol. The monoisotopic (exact) mass is 376 g/mol. The van der Waals surface area contributed by atoms with E-state index in [9.17, 15) is 13.2 Å². The molecule has 0 saturated heterocycles. The van der Waals surface area contributed by atoms with Gasteiger partial charge in [0.1, 0.15) is 5.75 Å². The minimum Gasteiger partial charge on any atom is -0.494 e. The first-order valence-electron chi connectivity index (χ1n) is 8.41. The van der Waals surface area contributed by atoms with Gasteiger partial charge in [0.05, 0.1) is 11.5 Å². The van der Waals surface area contributed by atoms with Gasteiger partial charge in [0.25, 0.3) is 0 Å². The molecule has 7 heteroatoms. The van der Waals surface area contributed by atoms with Crippen LogP contribution in [-0.2, 0) is 14.8 Å². The normalized spacial score (nSPS) is 11.2. The van der Waals surface area contributed by atoms with Crippen LogP contribution < -0.4 is 14.8 Å². The first kappa shape index (κ1) is 19.9. The Morgan fingerprint density at radius 3 is 2.23 bits per heavy atom. The molecule has 1 amide bonds. The van der Waals surface area contributed by atoms with Crippen LogP contribution >= 0.6 is 0 Å². The quantitative estimate of drug-likeness (QED) is 0.742. The molecule has 26 heavy (non-hydrogen) atoms. The Hall–Kier alpha value is -2.38. The van der Waals surface area contributed by atoms with Crippen LogP contribution in [0.2, 0.25) is 0 Å². The molecule has 0 spiro atoms. The number of sulfonamides is 1. The molecule has 2 aromatic rings. The summed E-state index contributed by atoms with van der Waals surface area (Å²) in [7, 11) is -3.66. The van der Waals surface area contributed by atoms with Crippen LogP contribution in [0.4, 0.5) is 5.69 Å². The summed E-state index contributed by atoms with van der Waals surface area (Å²) in [6.45, 7) is 6.29. The molecule has 2 N–H and O–H groups in total. The molecular weight excluding hydrogens is 352 g/mol. The van der Waals surface area contributed by atoms with E-state index in [1.54, 1.807) is 12.1 Å². The van der Waals surface area contributed by atoms with Gasteiger partial charge in [0.2, 0.25) is 15.9 Å². The molecule has 6 nitrogen and oxygen atoms in total. The summed E-state index contributed by atoms with van der Waals surface area (Å²) in [5.41, 5.74) is 2.81. The van der Waals surface area contributed by atoms with Crippen LogP contribution in [0.25, 0.3) is 0 Å². The van der Waals surface area contributed by atoms with Gasteiger partial charge in [0.15, 0.2) is 0 Å². The van der Waals surface area contributed by atoms with Crippen molar-refractivity contribution in [3.05, 3.63) is 53.6 Å². The van der Waals surface area contributed by atoms with Crippen molar-refractivity contribution in [3.8, 4) is 5.75 Å². The van der Waals surface area contributed by atoms with E-state index in [2.05, 4.69) is 10.0 Å². The topological polar surface area (TPSA) is 84.5 Å². The third kappa shape index (κ3) is 5.86. The zero-order valence-corrected chi connectivity index (χ0v) is 16.0. The zero-order valence-electron chi connectivity index (χ0n) is 15.2. The molecule has 0 heterocycles. The van der Waals surface area contributed by atoms with Gasteiger partial charge in [-0.25, -0.2) is 13.1 Å². The number of nitrogens with one attached hydrogen (secondary N) is 2. The fraction of sp³-hybridized carbons (Fsp3) is 0.316. The van der Waals surface area contributed by atoms with E-state index in [1.807, 2.05) is 39.0 Å². The largest absolute Gasteiger partial charge is 0.494 e. The molecule has 2 aromatic carbocycles. The van der Waals surface area contributed by atoms with Crippen LogP contribution in [0.15, 0.2) is 47.4 Å². The van der Waals surface area contributed by atoms with E-state index in [-0.39, 0.29) is 23.8 Å². The summed E-state index contributed by atoms with van der Waals surface area (Å²) in [5, 5.41) is 2.78. The predicted octanol–water partition coefficient (Wildman–Crippen LogP) is 3.01. The molecular formula is C19H24N2O4S. The fourth-order valence-corrected chi connectivity index (χ4v) is 3.57. The predicted molar refractivity (Wildman–Crippen MR) is 102 cm³/mol. The van der Waals surface area contributed by atoms with Crippen molar-refractivity contribution in [1.29, 1.82) is 0 Å². The highest BCUT2D eigenvalue weighted by Gasteiger charge is 2.14. The van der Waals surface area contributed by atoms with Crippen molar-refractivity contribution in [1.82, 2.24) is 4.72 Å². The lowest BCUT2D eigenvalue weighted by molar-refractivity contribution is -0.116. The number of rotatable bonds is 8. The van der Waals surface area contributed by atoms with Gasteiger partial charge in [-0.3, -0.25) is 4.79 Å². The number of carbonyl (C=O) groups excluding carboxylic acids is 1. The molecule has 0 aliphatic rings. The third-order valence-corrected chi connectivity index (χ3v) is 5.07. The highest BCUT2D eigenvalue weighted by molar-refractivity contribution is 7.89. The van der Waals surface area contributed by atoms with Crippen molar-refractivity contribution in [2.75, 3.05) is 18.5 Å². The van der Waals surface area contributed by atoms with Crippen molar-refractivity contribution < 1.29 is 17.9 Å². The second-order valence-electron chi connectivity index (χ2n) is 5.98. The van der Waals surface area contributed by atoms with Crippen molar-refractivity contribution in [2.45, 2.75) is 32.1 Å². The summed E-state index contributed by atoms with van der Waals surface area (Å²) in [4.78, 5) is 12.1. The molecule has 2 rings (SSSR count). The van der Waals surface area contributed by atoms with Crippen LogP contribution in [0.1, 0.15) is 24.5 Å². The van der Waals surface area contributed by atoms with Crippen molar-refractivity contribution >= 4 is 21.6 Å². The molecule has 0 atom stereocenters. The van der Waals surface area contributed by atoms with E-state index in [0.29, 0.717) is 18.0 Å². The van der Waals surface area contributed by atoms with Gasteiger partial charge in [-0.15, -0.1) is 0 Å². The van der Waals surface area contributed by atoms with E-state index in [1.165, 1.54) is 12.1 Å². The Bertz CT molecular complexity index is 841. The van der Waals surface area contributed by atoms with Gasteiger partial charge in [-0.1, -0.05) is 6.07 Å². The highest BCUT2D eigenvalue weighted by atomic mass is 32.2. The van der Waals surface area contributed by atoms with Crippen molar-refractivity contribution in [3.63, 3.8) is 0 Å². The molecule has 0 aromatic heterocycles. The number of anilines is 1. The maximum atomic E-state index is 12.2. The fourth-order valence-electron chi connectivity index (χ4n) is 2.53. The van der Waals surface area contributed by atoms with Crippen LogP contribution in [0.3, 0.4) is 0 Å². The Morgan fingerprint density at radius 2 is 1.65 bits per heavy atom. The lowest BCUT2D eigenvalue weighted by Gasteiger charge is -2.09. The van der Waals surface area contributed by atoms with Crippen LogP contribution in [0, 0.1) is 13.8 Å². The Morgan fingerprint density at radius 1 is 1.04 bits per heavy atom. The van der Waals surface area contributed by atoms with Gasteiger partial charge in [0, 0.05) is 18.7 Å². The minimum atomic E-state index is -3.66. The molecule has 0 radical (unpaired) electrons. The first-order valence-corrected chi connectivity index (χ1v) is 9.89. The Balaban J connectivity index is 1.88. The summed E-state index contributed by atoms with van der Waals surface area (Å²) in [6, 6.07) is 11.9. The molecule has 0 unspecified atom stereocenters.